The van der Waals surface area contributed by atoms with E-state index in [9.17, 15) is 4.79 Å². The number of aromatic amines is 1. The molecule has 130 valence electrons. The number of rotatable bonds is 5. The summed E-state index contributed by atoms with van der Waals surface area (Å²) in [6, 6.07) is 7.85. The molecule has 3 rings (SSSR count). The Morgan fingerprint density at radius 2 is 1.96 bits per heavy atom. The van der Waals surface area contributed by atoms with Gasteiger partial charge in [0.15, 0.2) is 0 Å². The van der Waals surface area contributed by atoms with Crippen LogP contribution in [0.25, 0.3) is 10.9 Å². The molecule has 0 bridgehead atoms. The smallest absolute Gasteiger partial charge is 0.267 e. The topological polar surface area (TPSA) is 63.4 Å². The SMILES string of the molecule is COc1ccc2[nH]c(C(=O)NC3CCC(OC(C)C)CC3)cc2c1. The van der Waals surface area contributed by atoms with Gasteiger partial charge in [0.05, 0.1) is 19.3 Å². The van der Waals surface area contributed by atoms with Crippen molar-refractivity contribution in [2.45, 2.75) is 57.8 Å². The fraction of sp³-hybridized carbons (Fsp3) is 0.526. The summed E-state index contributed by atoms with van der Waals surface area (Å²) in [5.74, 6) is 0.746. The summed E-state index contributed by atoms with van der Waals surface area (Å²) < 4.78 is 11.1. The van der Waals surface area contributed by atoms with Crippen molar-refractivity contribution < 1.29 is 14.3 Å². The predicted molar refractivity (Wildman–Crippen MR) is 94.6 cm³/mol. The number of aromatic nitrogens is 1. The highest BCUT2D eigenvalue weighted by Crippen LogP contribution is 2.24. The number of methoxy groups -OCH3 is 1. The molecule has 1 aliphatic carbocycles. The lowest BCUT2D eigenvalue weighted by molar-refractivity contribution is -0.0159. The highest BCUT2D eigenvalue weighted by atomic mass is 16.5. The Hall–Kier alpha value is -2.01. The summed E-state index contributed by atoms with van der Waals surface area (Å²) in [7, 11) is 1.64. The fourth-order valence-corrected chi connectivity index (χ4v) is 3.35. The Labute approximate surface area is 142 Å². The highest BCUT2D eigenvalue weighted by Gasteiger charge is 2.24. The first kappa shape index (κ1) is 16.8. The fourth-order valence-electron chi connectivity index (χ4n) is 3.35. The molecule has 1 aliphatic rings. The van der Waals surface area contributed by atoms with Crippen LogP contribution < -0.4 is 10.1 Å². The molecular formula is C19H26N2O3. The number of hydrogen-bond donors (Lipinski definition) is 2. The normalized spacial score (nSPS) is 21.2. The second-order valence-corrected chi connectivity index (χ2v) is 6.77. The molecule has 1 fully saturated rings. The third-order valence-corrected chi connectivity index (χ3v) is 4.55. The van der Waals surface area contributed by atoms with Crippen molar-refractivity contribution >= 4 is 16.8 Å². The van der Waals surface area contributed by atoms with Gasteiger partial charge in [0, 0.05) is 16.9 Å². The number of carbonyl (C=O) groups is 1. The van der Waals surface area contributed by atoms with Crippen molar-refractivity contribution in [3.63, 3.8) is 0 Å². The van der Waals surface area contributed by atoms with Gasteiger partial charge in [-0.1, -0.05) is 0 Å². The van der Waals surface area contributed by atoms with Crippen LogP contribution in [0.15, 0.2) is 24.3 Å². The number of hydrogen-bond acceptors (Lipinski definition) is 3. The molecule has 0 aliphatic heterocycles. The van der Waals surface area contributed by atoms with Crippen LogP contribution in [0.1, 0.15) is 50.0 Å². The Morgan fingerprint density at radius 3 is 2.62 bits per heavy atom. The Balaban J connectivity index is 1.59. The monoisotopic (exact) mass is 330 g/mol. The lowest BCUT2D eigenvalue weighted by Gasteiger charge is -2.30. The maximum atomic E-state index is 12.5. The van der Waals surface area contributed by atoms with Crippen LogP contribution in [0.3, 0.4) is 0 Å². The van der Waals surface area contributed by atoms with Crippen molar-refractivity contribution in [1.29, 1.82) is 0 Å². The van der Waals surface area contributed by atoms with Crippen molar-refractivity contribution in [3.05, 3.63) is 30.0 Å². The van der Waals surface area contributed by atoms with Gasteiger partial charge < -0.3 is 19.8 Å². The number of ether oxygens (including phenoxy) is 2. The number of H-pyrrole nitrogens is 1. The molecule has 2 N–H and O–H groups in total. The van der Waals surface area contributed by atoms with E-state index in [0.29, 0.717) is 11.8 Å². The average Bonchev–Trinajstić information content (AvgIpc) is 2.99. The minimum atomic E-state index is -0.0432. The van der Waals surface area contributed by atoms with Crippen molar-refractivity contribution in [2.24, 2.45) is 0 Å². The molecule has 0 spiro atoms. The Kier molecular flexibility index (Phi) is 5.09. The first-order valence-corrected chi connectivity index (χ1v) is 8.68. The summed E-state index contributed by atoms with van der Waals surface area (Å²) in [5.41, 5.74) is 1.54. The van der Waals surface area contributed by atoms with E-state index in [1.165, 1.54) is 0 Å². The van der Waals surface area contributed by atoms with Crippen LogP contribution in [0, 0.1) is 0 Å². The first-order valence-electron chi connectivity index (χ1n) is 8.68. The van der Waals surface area contributed by atoms with E-state index in [1.807, 2.05) is 24.3 Å². The van der Waals surface area contributed by atoms with Gasteiger partial charge in [-0.25, -0.2) is 0 Å². The highest BCUT2D eigenvalue weighted by molar-refractivity contribution is 5.98. The molecule has 5 nitrogen and oxygen atoms in total. The van der Waals surface area contributed by atoms with E-state index in [0.717, 1.165) is 42.3 Å². The third-order valence-electron chi connectivity index (χ3n) is 4.55. The summed E-state index contributed by atoms with van der Waals surface area (Å²) in [6.45, 7) is 4.14. The van der Waals surface area contributed by atoms with E-state index in [1.54, 1.807) is 7.11 Å². The summed E-state index contributed by atoms with van der Waals surface area (Å²) in [4.78, 5) is 15.7. The maximum Gasteiger partial charge on any atom is 0.267 e. The number of amides is 1. The van der Waals surface area contributed by atoms with Gasteiger partial charge in [0.1, 0.15) is 11.4 Å². The molecule has 1 heterocycles. The van der Waals surface area contributed by atoms with Gasteiger partial charge in [0.25, 0.3) is 5.91 Å². The number of carbonyl (C=O) groups excluding carboxylic acids is 1. The third kappa shape index (κ3) is 3.90. The first-order chi connectivity index (χ1) is 11.5. The molecule has 0 atom stereocenters. The number of fused-ring (bicyclic) bond motifs is 1. The summed E-state index contributed by atoms with van der Waals surface area (Å²) in [6.07, 6.45) is 4.55. The minimum Gasteiger partial charge on any atom is -0.497 e. The molecule has 24 heavy (non-hydrogen) atoms. The molecule has 1 aromatic heterocycles. The van der Waals surface area contributed by atoms with E-state index in [2.05, 4.69) is 24.1 Å². The van der Waals surface area contributed by atoms with Crippen LogP contribution in [0.4, 0.5) is 0 Å². The molecule has 1 saturated carbocycles. The molecule has 0 radical (unpaired) electrons. The zero-order valence-electron chi connectivity index (χ0n) is 14.6. The molecule has 2 aromatic rings. The van der Waals surface area contributed by atoms with Gasteiger partial charge in [-0.3, -0.25) is 4.79 Å². The molecule has 0 unspecified atom stereocenters. The van der Waals surface area contributed by atoms with Crippen LogP contribution in [-0.2, 0) is 4.74 Å². The summed E-state index contributed by atoms with van der Waals surface area (Å²) >= 11 is 0. The molecule has 0 saturated heterocycles. The minimum absolute atomic E-state index is 0.0432. The Bertz CT molecular complexity index is 700. The average molecular weight is 330 g/mol. The van der Waals surface area contributed by atoms with Crippen molar-refractivity contribution in [3.8, 4) is 5.75 Å². The van der Waals surface area contributed by atoms with Crippen LogP contribution in [0.5, 0.6) is 5.75 Å². The van der Waals surface area contributed by atoms with Crippen LogP contribution in [0.2, 0.25) is 0 Å². The van der Waals surface area contributed by atoms with Gasteiger partial charge in [-0.2, -0.15) is 0 Å². The van der Waals surface area contributed by atoms with Crippen LogP contribution >= 0.6 is 0 Å². The lowest BCUT2D eigenvalue weighted by Crippen LogP contribution is -2.39. The Morgan fingerprint density at radius 1 is 1.21 bits per heavy atom. The largest absolute Gasteiger partial charge is 0.497 e. The summed E-state index contributed by atoms with van der Waals surface area (Å²) in [5, 5.41) is 4.12. The zero-order valence-corrected chi connectivity index (χ0v) is 14.6. The lowest BCUT2D eigenvalue weighted by atomic mass is 9.92. The van der Waals surface area contributed by atoms with Gasteiger partial charge >= 0.3 is 0 Å². The van der Waals surface area contributed by atoms with E-state index in [4.69, 9.17) is 9.47 Å². The second kappa shape index (κ2) is 7.26. The predicted octanol–water partition coefficient (Wildman–Crippen LogP) is 3.64. The van der Waals surface area contributed by atoms with Gasteiger partial charge in [0.2, 0.25) is 0 Å². The standard InChI is InChI=1S/C19H26N2O3/c1-12(2)24-15-6-4-14(5-7-15)20-19(22)18-11-13-10-16(23-3)8-9-17(13)21-18/h8-12,14-15,21H,4-7H2,1-3H3,(H,20,22). The second-order valence-electron chi connectivity index (χ2n) is 6.77. The quantitative estimate of drug-likeness (QED) is 0.880. The number of nitrogens with one attached hydrogen (secondary N) is 2. The molecule has 1 amide bonds. The number of benzene rings is 1. The molecule has 5 heteroatoms. The van der Waals surface area contributed by atoms with E-state index >= 15 is 0 Å². The molecular weight excluding hydrogens is 304 g/mol. The van der Waals surface area contributed by atoms with E-state index in [-0.39, 0.29) is 18.1 Å². The van der Waals surface area contributed by atoms with Gasteiger partial charge in [-0.05, 0) is 63.8 Å². The maximum absolute atomic E-state index is 12.5. The van der Waals surface area contributed by atoms with Crippen molar-refractivity contribution in [2.75, 3.05) is 7.11 Å². The molecule has 1 aromatic carbocycles. The van der Waals surface area contributed by atoms with Crippen LogP contribution in [-0.4, -0.2) is 36.3 Å². The van der Waals surface area contributed by atoms with E-state index < -0.39 is 0 Å². The van der Waals surface area contributed by atoms with Gasteiger partial charge in [-0.15, -0.1) is 0 Å². The van der Waals surface area contributed by atoms with Crippen molar-refractivity contribution in [1.82, 2.24) is 10.3 Å². The zero-order chi connectivity index (χ0) is 17.1.